The molecule has 1 aliphatic carbocycles. The Morgan fingerprint density at radius 3 is 2.46 bits per heavy atom. The molecule has 2 atom stereocenters. The van der Waals surface area contributed by atoms with Gasteiger partial charge in [-0.05, 0) is 68.4 Å². The van der Waals surface area contributed by atoms with Crippen molar-refractivity contribution in [1.29, 1.82) is 0 Å². The van der Waals surface area contributed by atoms with Gasteiger partial charge in [0, 0.05) is 4.90 Å². The van der Waals surface area contributed by atoms with Crippen LogP contribution < -0.4 is 5.32 Å². The van der Waals surface area contributed by atoms with Gasteiger partial charge in [0.15, 0.2) is 0 Å². The van der Waals surface area contributed by atoms with E-state index in [9.17, 15) is 4.79 Å². The third-order valence-electron chi connectivity index (χ3n) is 4.66. The lowest BCUT2D eigenvalue weighted by atomic mass is 9.89. The van der Waals surface area contributed by atoms with Gasteiger partial charge in [0.2, 0.25) is 5.91 Å². The van der Waals surface area contributed by atoms with Crippen LogP contribution in [-0.2, 0) is 17.6 Å². The summed E-state index contributed by atoms with van der Waals surface area (Å²) in [5.41, 5.74) is 4.16. The standard InChI is InChI=1S/C21H25NOS/c1-15(18-13-12-17-8-6-7-9-19(17)14-18)22-21(23)16(2)24-20-10-4-3-5-11-20/h3-5,10-16H,6-9H2,1-2H3,(H,22,23)/t15-,16-/m0/s1. The Hall–Kier alpha value is -1.74. The third kappa shape index (κ3) is 4.21. The molecule has 3 rings (SSSR count). The number of carbonyl (C=O) groups is 1. The minimum absolute atomic E-state index is 0.0450. The lowest BCUT2D eigenvalue weighted by Gasteiger charge is -2.21. The van der Waals surface area contributed by atoms with Crippen molar-refractivity contribution in [2.24, 2.45) is 0 Å². The molecule has 2 aromatic rings. The van der Waals surface area contributed by atoms with Crippen molar-refractivity contribution in [1.82, 2.24) is 5.32 Å². The predicted molar refractivity (Wildman–Crippen MR) is 101 cm³/mol. The highest BCUT2D eigenvalue weighted by molar-refractivity contribution is 8.00. The number of nitrogens with one attached hydrogen (secondary N) is 1. The molecule has 1 aliphatic rings. The van der Waals surface area contributed by atoms with E-state index in [1.165, 1.54) is 42.4 Å². The van der Waals surface area contributed by atoms with Gasteiger partial charge in [0.1, 0.15) is 0 Å². The summed E-state index contributed by atoms with van der Waals surface area (Å²) in [5.74, 6) is 0.0917. The summed E-state index contributed by atoms with van der Waals surface area (Å²) < 4.78 is 0. The Balaban J connectivity index is 1.61. The van der Waals surface area contributed by atoms with Crippen molar-refractivity contribution < 1.29 is 4.79 Å². The van der Waals surface area contributed by atoms with Gasteiger partial charge in [0.05, 0.1) is 11.3 Å². The maximum atomic E-state index is 12.5. The fourth-order valence-corrected chi connectivity index (χ4v) is 4.09. The first kappa shape index (κ1) is 17.1. The highest BCUT2D eigenvalue weighted by Gasteiger charge is 2.18. The number of aryl methyl sites for hydroxylation is 2. The van der Waals surface area contributed by atoms with Crippen LogP contribution in [-0.4, -0.2) is 11.2 Å². The SMILES string of the molecule is C[C@H](Sc1ccccc1)C(=O)N[C@@H](C)c1ccc2c(c1)CCCC2. The highest BCUT2D eigenvalue weighted by atomic mass is 32.2. The smallest absolute Gasteiger partial charge is 0.233 e. The van der Waals surface area contributed by atoms with E-state index in [4.69, 9.17) is 0 Å². The van der Waals surface area contributed by atoms with Gasteiger partial charge in [-0.25, -0.2) is 0 Å². The first-order valence-electron chi connectivity index (χ1n) is 8.77. The molecule has 1 N–H and O–H groups in total. The summed E-state index contributed by atoms with van der Waals surface area (Å²) >= 11 is 1.60. The molecule has 0 radical (unpaired) electrons. The van der Waals surface area contributed by atoms with Crippen LogP contribution >= 0.6 is 11.8 Å². The molecular formula is C21H25NOS. The maximum Gasteiger partial charge on any atom is 0.233 e. The van der Waals surface area contributed by atoms with Gasteiger partial charge in [-0.3, -0.25) is 4.79 Å². The van der Waals surface area contributed by atoms with E-state index >= 15 is 0 Å². The van der Waals surface area contributed by atoms with Crippen molar-refractivity contribution in [2.45, 2.75) is 55.7 Å². The molecule has 0 unspecified atom stereocenters. The maximum absolute atomic E-state index is 12.5. The second kappa shape index (κ2) is 7.89. The number of amides is 1. The highest BCUT2D eigenvalue weighted by Crippen LogP contribution is 2.26. The molecular weight excluding hydrogens is 314 g/mol. The number of fused-ring (bicyclic) bond motifs is 1. The fraction of sp³-hybridized carbons (Fsp3) is 0.381. The second-order valence-corrected chi connectivity index (χ2v) is 7.95. The largest absolute Gasteiger partial charge is 0.349 e. The van der Waals surface area contributed by atoms with Gasteiger partial charge >= 0.3 is 0 Å². The summed E-state index contributed by atoms with van der Waals surface area (Å²) in [7, 11) is 0. The molecule has 0 fully saturated rings. The third-order valence-corrected chi connectivity index (χ3v) is 5.77. The van der Waals surface area contributed by atoms with Crippen LogP contribution in [0.15, 0.2) is 53.4 Å². The van der Waals surface area contributed by atoms with Gasteiger partial charge < -0.3 is 5.32 Å². The number of rotatable bonds is 5. The van der Waals surface area contributed by atoms with Crippen LogP contribution in [0.3, 0.4) is 0 Å². The van der Waals surface area contributed by atoms with E-state index in [0.29, 0.717) is 0 Å². The number of thioether (sulfide) groups is 1. The molecule has 0 spiro atoms. The van der Waals surface area contributed by atoms with Crippen molar-refractivity contribution in [3.8, 4) is 0 Å². The van der Waals surface area contributed by atoms with E-state index in [1.54, 1.807) is 11.8 Å². The van der Waals surface area contributed by atoms with E-state index in [2.05, 4.69) is 30.4 Å². The molecule has 126 valence electrons. The minimum atomic E-state index is -0.104. The van der Waals surface area contributed by atoms with E-state index in [1.807, 2.05) is 37.3 Å². The normalized spacial score (nSPS) is 16.1. The molecule has 0 saturated heterocycles. The Morgan fingerprint density at radius 2 is 1.71 bits per heavy atom. The Labute approximate surface area is 149 Å². The lowest BCUT2D eigenvalue weighted by molar-refractivity contribution is -0.120. The first-order chi connectivity index (χ1) is 11.6. The van der Waals surface area contributed by atoms with E-state index < -0.39 is 0 Å². The van der Waals surface area contributed by atoms with Crippen LogP contribution in [0.25, 0.3) is 0 Å². The summed E-state index contributed by atoms with van der Waals surface area (Å²) in [6.45, 7) is 4.04. The number of benzene rings is 2. The molecule has 1 amide bonds. The Bertz CT molecular complexity index is 698. The summed E-state index contributed by atoms with van der Waals surface area (Å²) in [6, 6.07) is 16.8. The summed E-state index contributed by atoms with van der Waals surface area (Å²) in [6.07, 6.45) is 4.94. The molecule has 3 heteroatoms. The first-order valence-corrected chi connectivity index (χ1v) is 9.65. The van der Waals surface area contributed by atoms with Crippen molar-refractivity contribution >= 4 is 17.7 Å². The Kier molecular flexibility index (Phi) is 5.62. The van der Waals surface area contributed by atoms with Crippen LogP contribution in [0, 0.1) is 0 Å². The van der Waals surface area contributed by atoms with Gasteiger partial charge in [-0.15, -0.1) is 11.8 Å². The van der Waals surface area contributed by atoms with Crippen molar-refractivity contribution in [3.63, 3.8) is 0 Å². The topological polar surface area (TPSA) is 29.1 Å². The lowest BCUT2D eigenvalue weighted by Crippen LogP contribution is -2.33. The number of hydrogen-bond donors (Lipinski definition) is 1. The average molecular weight is 340 g/mol. The van der Waals surface area contributed by atoms with E-state index in [-0.39, 0.29) is 17.2 Å². The summed E-state index contributed by atoms with van der Waals surface area (Å²) in [4.78, 5) is 13.6. The van der Waals surface area contributed by atoms with Gasteiger partial charge in [0.25, 0.3) is 0 Å². The Morgan fingerprint density at radius 1 is 1.00 bits per heavy atom. The van der Waals surface area contributed by atoms with Crippen LogP contribution in [0.4, 0.5) is 0 Å². The van der Waals surface area contributed by atoms with Crippen molar-refractivity contribution in [2.75, 3.05) is 0 Å². The quantitative estimate of drug-likeness (QED) is 0.783. The molecule has 2 nitrogen and oxygen atoms in total. The zero-order valence-electron chi connectivity index (χ0n) is 14.4. The average Bonchev–Trinajstić information content (AvgIpc) is 2.62. The number of carbonyl (C=O) groups excluding carboxylic acids is 1. The summed E-state index contributed by atoms with van der Waals surface area (Å²) in [5, 5.41) is 3.06. The van der Waals surface area contributed by atoms with Gasteiger partial charge in [-0.1, -0.05) is 36.4 Å². The van der Waals surface area contributed by atoms with Crippen molar-refractivity contribution in [3.05, 3.63) is 65.2 Å². The van der Waals surface area contributed by atoms with Crippen LogP contribution in [0.1, 0.15) is 49.4 Å². The monoisotopic (exact) mass is 339 g/mol. The molecule has 2 aromatic carbocycles. The van der Waals surface area contributed by atoms with E-state index in [0.717, 1.165) is 4.90 Å². The van der Waals surface area contributed by atoms with Crippen LogP contribution in [0.2, 0.25) is 0 Å². The fourth-order valence-electron chi connectivity index (χ4n) is 3.19. The number of hydrogen-bond acceptors (Lipinski definition) is 2. The molecule has 0 saturated carbocycles. The minimum Gasteiger partial charge on any atom is -0.349 e. The molecule has 0 aromatic heterocycles. The zero-order valence-corrected chi connectivity index (χ0v) is 15.2. The zero-order chi connectivity index (χ0) is 16.9. The molecule has 24 heavy (non-hydrogen) atoms. The molecule has 0 bridgehead atoms. The molecule has 0 heterocycles. The van der Waals surface area contributed by atoms with Crippen LogP contribution in [0.5, 0.6) is 0 Å². The second-order valence-electron chi connectivity index (χ2n) is 6.54. The predicted octanol–water partition coefficient (Wildman–Crippen LogP) is 4.92. The van der Waals surface area contributed by atoms with Gasteiger partial charge in [-0.2, -0.15) is 0 Å². The molecule has 0 aliphatic heterocycles.